The van der Waals surface area contributed by atoms with E-state index in [9.17, 15) is 9.59 Å². The predicted octanol–water partition coefficient (Wildman–Crippen LogP) is -1.28. The van der Waals surface area contributed by atoms with Gasteiger partial charge in [-0.25, -0.2) is 0 Å². The fourth-order valence-electron chi connectivity index (χ4n) is 2.08. The van der Waals surface area contributed by atoms with Gasteiger partial charge in [-0.05, 0) is 0 Å². The Morgan fingerprint density at radius 1 is 0.789 bits per heavy atom. The number of hydrogen-bond acceptors (Lipinski definition) is 7. The maximum atomic E-state index is 11.6. The molecule has 7 nitrogen and oxygen atoms in total. The summed E-state index contributed by atoms with van der Waals surface area (Å²) in [6.45, 7) is 5.59. The van der Waals surface area contributed by atoms with E-state index < -0.39 is 11.9 Å². The Morgan fingerprint density at radius 3 is 1.53 bits per heavy atom. The van der Waals surface area contributed by atoms with Gasteiger partial charge in [0.05, 0.1) is 39.5 Å². The summed E-state index contributed by atoms with van der Waals surface area (Å²) in [5.41, 5.74) is 0. The standard InChI is InChI=1S/C12H20N2O5/c15-11(9-13-1-5-17-6-2-13)19-12(16)10-14-3-7-18-8-4-14/h1-10H2. The van der Waals surface area contributed by atoms with Crippen LogP contribution in [0.4, 0.5) is 0 Å². The van der Waals surface area contributed by atoms with Gasteiger partial charge >= 0.3 is 11.9 Å². The third-order valence-corrected chi connectivity index (χ3v) is 3.14. The number of rotatable bonds is 4. The molecule has 0 saturated carbocycles. The van der Waals surface area contributed by atoms with Crippen molar-refractivity contribution in [1.82, 2.24) is 9.80 Å². The number of carbonyl (C=O) groups excluding carboxylic acids is 2. The van der Waals surface area contributed by atoms with Crippen molar-refractivity contribution in [2.45, 2.75) is 0 Å². The van der Waals surface area contributed by atoms with Gasteiger partial charge in [0.2, 0.25) is 0 Å². The molecule has 7 heteroatoms. The summed E-state index contributed by atoms with van der Waals surface area (Å²) in [6, 6.07) is 0. The van der Waals surface area contributed by atoms with E-state index in [-0.39, 0.29) is 13.1 Å². The monoisotopic (exact) mass is 272 g/mol. The van der Waals surface area contributed by atoms with Gasteiger partial charge in [-0.2, -0.15) is 0 Å². The Bertz CT molecular complexity index is 281. The molecule has 0 bridgehead atoms. The lowest BCUT2D eigenvalue weighted by Crippen LogP contribution is -2.43. The van der Waals surface area contributed by atoms with Crippen molar-refractivity contribution in [3.8, 4) is 0 Å². The van der Waals surface area contributed by atoms with Gasteiger partial charge in [0, 0.05) is 26.2 Å². The summed E-state index contributed by atoms with van der Waals surface area (Å²) in [5, 5.41) is 0. The van der Waals surface area contributed by atoms with Crippen LogP contribution in [-0.2, 0) is 23.8 Å². The lowest BCUT2D eigenvalue weighted by molar-refractivity contribution is -0.162. The second kappa shape index (κ2) is 7.54. The summed E-state index contributed by atoms with van der Waals surface area (Å²) in [7, 11) is 0. The molecule has 2 rings (SSSR count). The van der Waals surface area contributed by atoms with E-state index >= 15 is 0 Å². The molecule has 0 radical (unpaired) electrons. The van der Waals surface area contributed by atoms with Crippen LogP contribution in [0.25, 0.3) is 0 Å². The van der Waals surface area contributed by atoms with E-state index in [2.05, 4.69) is 0 Å². The highest BCUT2D eigenvalue weighted by atomic mass is 16.6. The van der Waals surface area contributed by atoms with Crippen LogP contribution in [0.2, 0.25) is 0 Å². The minimum Gasteiger partial charge on any atom is -0.391 e. The third kappa shape index (κ3) is 5.23. The average molecular weight is 272 g/mol. The zero-order chi connectivity index (χ0) is 13.5. The summed E-state index contributed by atoms with van der Waals surface area (Å²) in [6.07, 6.45) is 0. The third-order valence-electron chi connectivity index (χ3n) is 3.14. The summed E-state index contributed by atoms with van der Waals surface area (Å²) in [4.78, 5) is 27.0. The first-order valence-corrected chi connectivity index (χ1v) is 6.58. The van der Waals surface area contributed by atoms with E-state index in [1.165, 1.54) is 0 Å². The maximum absolute atomic E-state index is 11.6. The second-order valence-electron chi connectivity index (χ2n) is 4.62. The first-order valence-electron chi connectivity index (χ1n) is 6.58. The van der Waals surface area contributed by atoms with Crippen LogP contribution in [-0.4, -0.2) is 87.4 Å². The molecule has 0 N–H and O–H groups in total. The lowest BCUT2D eigenvalue weighted by Gasteiger charge is -2.26. The number of ether oxygens (including phenoxy) is 3. The van der Waals surface area contributed by atoms with Crippen LogP contribution in [0.15, 0.2) is 0 Å². The van der Waals surface area contributed by atoms with Gasteiger partial charge in [-0.3, -0.25) is 19.4 Å². The molecule has 0 spiro atoms. The van der Waals surface area contributed by atoms with E-state index in [1.807, 2.05) is 9.80 Å². The van der Waals surface area contributed by atoms with E-state index in [0.29, 0.717) is 52.6 Å². The van der Waals surface area contributed by atoms with Crippen LogP contribution in [0.1, 0.15) is 0 Å². The topological polar surface area (TPSA) is 68.3 Å². The first kappa shape index (κ1) is 14.4. The zero-order valence-corrected chi connectivity index (χ0v) is 11.0. The van der Waals surface area contributed by atoms with Crippen molar-refractivity contribution < 1.29 is 23.8 Å². The molecule has 0 unspecified atom stereocenters. The number of nitrogens with zero attached hydrogens (tertiary/aromatic N) is 2. The first-order chi connectivity index (χ1) is 9.24. The van der Waals surface area contributed by atoms with Crippen molar-refractivity contribution in [3.63, 3.8) is 0 Å². The van der Waals surface area contributed by atoms with Crippen LogP contribution in [0.3, 0.4) is 0 Å². The Morgan fingerprint density at radius 2 is 1.16 bits per heavy atom. The van der Waals surface area contributed by atoms with Crippen molar-refractivity contribution in [3.05, 3.63) is 0 Å². The van der Waals surface area contributed by atoms with Gasteiger partial charge < -0.3 is 14.2 Å². The van der Waals surface area contributed by atoms with Gasteiger partial charge in [-0.1, -0.05) is 0 Å². The minimum atomic E-state index is -0.486. The molecule has 0 aliphatic carbocycles. The van der Waals surface area contributed by atoms with Crippen molar-refractivity contribution in [2.24, 2.45) is 0 Å². The van der Waals surface area contributed by atoms with Crippen molar-refractivity contribution in [2.75, 3.05) is 65.7 Å². The van der Waals surface area contributed by atoms with Crippen molar-refractivity contribution in [1.29, 1.82) is 0 Å². The molecule has 2 aliphatic rings. The summed E-state index contributed by atoms with van der Waals surface area (Å²) >= 11 is 0. The van der Waals surface area contributed by atoms with E-state index in [1.54, 1.807) is 0 Å². The average Bonchev–Trinajstić information content (AvgIpc) is 2.40. The molecule has 108 valence electrons. The Labute approximate surface area is 112 Å². The molecule has 0 aromatic heterocycles. The SMILES string of the molecule is O=C(CN1CCOCC1)OC(=O)CN1CCOCC1. The fourth-order valence-corrected chi connectivity index (χ4v) is 2.08. The van der Waals surface area contributed by atoms with Crippen molar-refractivity contribution >= 4 is 11.9 Å². The van der Waals surface area contributed by atoms with Crippen LogP contribution < -0.4 is 0 Å². The molecule has 2 fully saturated rings. The number of carbonyl (C=O) groups is 2. The summed E-state index contributed by atoms with van der Waals surface area (Å²) < 4.78 is 15.2. The highest BCUT2D eigenvalue weighted by molar-refractivity contribution is 5.87. The highest BCUT2D eigenvalue weighted by Crippen LogP contribution is 1.99. The van der Waals surface area contributed by atoms with Gasteiger partial charge in [0.15, 0.2) is 0 Å². The largest absolute Gasteiger partial charge is 0.391 e. The van der Waals surface area contributed by atoms with Gasteiger partial charge in [0.25, 0.3) is 0 Å². The van der Waals surface area contributed by atoms with Crippen LogP contribution >= 0.6 is 0 Å². The van der Waals surface area contributed by atoms with E-state index in [4.69, 9.17) is 14.2 Å². The van der Waals surface area contributed by atoms with Gasteiger partial charge in [-0.15, -0.1) is 0 Å². The van der Waals surface area contributed by atoms with E-state index in [0.717, 1.165) is 0 Å². The smallest absolute Gasteiger partial charge is 0.327 e. The molecule has 2 aliphatic heterocycles. The Balaban J connectivity index is 1.64. The second-order valence-corrected chi connectivity index (χ2v) is 4.62. The molecule has 0 aromatic carbocycles. The Hall–Kier alpha value is -1.02. The molecule has 19 heavy (non-hydrogen) atoms. The van der Waals surface area contributed by atoms with Crippen LogP contribution in [0.5, 0.6) is 0 Å². The molecule has 2 saturated heterocycles. The lowest BCUT2D eigenvalue weighted by atomic mass is 10.4. The zero-order valence-electron chi connectivity index (χ0n) is 11.0. The molecule has 0 amide bonds. The maximum Gasteiger partial charge on any atom is 0.327 e. The predicted molar refractivity (Wildman–Crippen MR) is 65.6 cm³/mol. The minimum absolute atomic E-state index is 0.151. The number of esters is 2. The molecular formula is C12H20N2O5. The molecule has 0 aromatic rings. The molecule has 0 atom stereocenters. The number of hydrogen-bond donors (Lipinski definition) is 0. The highest BCUT2D eigenvalue weighted by Gasteiger charge is 2.20. The summed E-state index contributed by atoms with van der Waals surface area (Å²) in [5.74, 6) is -0.972. The van der Waals surface area contributed by atoms with Crippen LogP contribution in [0, 0.1) is 0 Å². The Kier molecular flexibility index (Phi) is 5.71. The van der Waals surface area contributed by atoms with Gasteiger partial charge in [0.1, 0.15) is 0 Å². The normalized spacial score (nSPS) is 22.1. The number of morpholine rings is 2. The molecule has 2 heterocycles. The molecular weight excluding hydrogens is 252 g/mol. The fraction of sp³-hybridized carbons (Fsp3) is 0.833. The quantitative estimate of drug-likeness (QED) is 0.466.